The van der Waals surface area contributed by atoms with Crippen LogP contribution in [0, 0.1) is 0 Å². The Kier molecular flexibility index (Phi) is 6.92. The summed E-state index contributed by atoms with van der Waals surface area (Å²) in [7, 11) is -1.18. The van der Waals surface area contributed by atoms with E-state index in [0.29, 0.717) is 33.3 Å². The predicted octanol–water partition coefficient (Wildman–Crippen LogP) is 4.14. The van der Waals surface area contributed by atoms with Crippen LogP contribution in [0.1, 0.15) is 16.8 Å². The van der Waals surface area contributed by atoms with Crippen molar-refractivity contribution in [3.8, 4) is 11.3 Å². The quantitative estimate of drug-likeness (QED) is 0.608. The Morgan fingerprint density at radius 3 is 2.57 bits per heavy atom. The van der Waals surface area contributed by atoms with Gasteiger partial charge in [0.25, 0.3) is 5.91 Å². The first-order valence-electron chi connectivity index (χ1n) is 8.70. The molecule has 5 nitrogen and oxygen atoms in total. The van der Waals surface area contributed by atoms with Crippen LogP contribution in [-0.4, -0.2) is 32.6 Å². The van der Waals surface area contributed by atoms with Crippen LogP contribution in [0.3, 0.4) is 0 Å². The van der Waals surface area contributed by atoms with Crippen molar-refractivity contribution in [1.82, 2.24) is 4.98 Å². The van der Waals surface area contributed by atoms with E-state index in [1.54, 1.807) is 48.7 Å². The molecule has 0 radical (unpaired) electrons. The van der Waals surface area contributed by atoms with E-state index < -0.39 is 10.8 Å². The number of aromatic nitrogens is 1. The summed E-state index contributed by atoms with van der Waals surface area (Å²) in [5.74, 6) is 0.116. The zero-order chi connectivity index (χ0) is 19.9. The molecule has 0 saturated heterocycles. The lowest BCUT2D eigenvalue weighted by Crippen LogP contribution is -2.12. The van der Waals surface area contributed by atoms with Gasteiger partial charge in [-0.05, 0) is 61.0 Å². The van der Waals surface area contributed by atoms with Crippen molar-refractivity contribution in [3.05, 3.63) is 77.4 Å². The maximum absolute atomic E-state index is 12.5. The monoisotopic (exact) mass is 414 g/mol. The second kappa shape index (κ2) is 9.59. The lowest BCUT2D eigenvalue weighted by atomic mass is 10.1. The first kappa shape index (κ1) is 20.2. The lowest BCUT2D eigenvalue weighted by Gasteiger charge is -2.09. The van der Waals surface area contributed by atoms with E-state index in [2.05, 4.69) is 10.3 Å². The van der Waals surface area contributed by atoms with Crippen LogP contribution in [0.15, 0.2) is 71.8 Å². The lowest BCUT2D eigenvalue weighted by molar-refractivity contribution is 0.102. The van der Waals surface area contributed by atoms with E-state index in [0.717, 1.165) is 11.3 Å². The summed E-state index contributed by atoms with van der Waals surface area (Å²) in [6.07, 6.45) is 2.16. The number of nitrogens with one attached hydrogen (secondary N) is 1. The minimum absolute atomic E-state index is 0.00775. The number of carbonyl (C=O) groups is 1. The van der Waals surface area contributed by atoms with Gasteiger partial charge in [-0.15, -0.1) is 0 Å². The summed E-state index contributed by atoms with van der Waals surface area (Å²) in [6, 6.07) is 17.4. The number of anilines is 1. The Morgan fingerprint density at radius 1 is 1.11 bits per heavy atom. The second-order valence-electron chi connectivity index (χ2n) is 6.01. The van der Waals surface area contributed by atoms with E-state index >= 15 is 0 Å². The Balaban J connectivity index is 1.74. The molecule has 0 aliphatic carbocycles. The van der Waals surface area contributed by atoms with Crippen LogP contribution in [-0.2, 0) is 10.8 Å². The smallest absolute Gasteiger partial charge is 0.255 e. The minimum atomic E-state index is -1.18. The number of hydrogen-bond acceptors (Lipinski definition) is 4. The first-order valence-corrected chi connectivity index (χ1v) is 10.4. The number of hydrogen-bond donors (Lipinski definition) is 2. The van der Waals surface area contributed by atoms with Gasteiger partial charge in [0.15, 0.2) is 0 Å². The molecule has 0 fully saturated rings. The highest BCUT2D eigenvalue weighted by Crippen LogP contribution is 2.29. The number of benzene rings is 2. The third-order valence-corrected chi connectivity index (χ3v) is 5.82. The molecule has 7 heteroatoms. The van der Waals surface area contributed by atoms with E-state index in [4.69, 9.17) is 16.7 Å². The van der Waals surface area contributed by atoms with Gasteiger partial charge in [-0.3, -0.25) is 14.0 Å². The van der Waals surface area contributed by atoms with Crippen LogP contribution in [0.2, 0.25) is 5.02 Å². The number of pyridine rings is 1. The van der Waals surface area contributed by atoms with Gasteiger partial charge in [-0.25, -0.2) is 0 Å². The Hall–Kier alpha value is -2.54. The third kappa shape index (κ3) is 5.04. The van der Waals surface area contributed by atoms with Gasteiger partial charge in [0.05, 0.1) is 21.5 Å². The number of aliphatic hydroxyl groups excluding tert-OH is 1. The maximum Gasteiger partial charge on any atom is 0.255 e. The van der Waals surface area contributed by atoms with Crippen molar-refractivity contribution in [2.45, 2.75) is 11.3 Å². The van der Waals surface area contributed by atoms with Crippen molar-refractivity contribution < 1.29 is 14.1 Å². The molecule has 0 saturated carbocycles. The summed E-state index contributed by atoms with van der Waals surface area (Å²) in [5.41, 5.74) is 2.51. The molecular formula is C21H19ClN2O3S. The predicted molar refractivity (Wildman–Crippen MR) is 112 cm³/mol. The van der Waals surface area contributed by atoms with Crippen molar-refractivity contribution in [3.63, 3.8) is 0 Å². The highest BCUT2D eigenvalue weighted by atomic mass is 35.5. The van der Waals surface area contributed by atoms with Crippen molar-refractivity contribution in [1.29, 1.82) is 0 Å². The molecule has 1 atom stereocenters. The van der Waals surface area contributed by atoms with Crippen LogP contribution >= 0.6 is 11.6 Å². The second-order valence-corrected chi connectivity index (χ2v) is 7.99. The molecule has 0 aliphatic rings. The number of halogens is 1. The van der Waals surface area contributed by atoms with Gasteiger partial charge < -0.3 is 10.4 Å². The molecular weight excluding hydrogens is 396 g/mol. The first-order chi connectivity index (χ1) is 13.6. The van der Waals surface area contributed by atoms with Crippen LogP contribution in [0.5, 0.6) is 0 Å². The molecule has 1 aromatic heterocycles. The van der Waals surface area contributed by atoms with E-state index in [-0.39, 0.29) is 12.5 Å². The average molecular weight is 415 g/mol. The topological polar surface area (TPSA) is 79.3 Å². The van der Waals surface area contributed by atoms with Crippen LogP contribution < -0.4 is 5.32 Å². The van der Waals surface area contributed by atoms with Gasteiger partial charge in [-0.2, -0.15) is 0 Å². The minimum Gasteiger partial charge on any atom is -0.396 e. The fourth-order valence-electron chi connectivity index (χ4n) is 2.60. The highest BCUT2D eigenvalue weighted by Gasteiger charge is 2.11. The third-order valence-electron chi connectivity index (χ3n) is 4.03. The fourth-order valence-corrected chi connectivity index (χ4v) is 3.88. The number of rotatable bonds is 7. The highest BCUT2D eigenvalue weighted by molar-refractivity contribution is 7.85. The largest absolute Gasteiger partial charge is 0.396 e. The van der Waals surface area contributed by atoms with Gasteiger partial charge in [-0.1, -0.05) is 17.7 Å². The summed E-state index contributed by atoms with van der Waals surface area (Å²) < 4.78 is 12.1. The molecule has 2 N–H and O–H groups in total. The molecule has 144 valence electrons. The van der Waals surface area contributed by atoms with Gasteiger partial charge in [0, 0.05) is 40.3 Å². The number of nitrogens with zero attached hydrogens (tertiary/aromatic N) is 1. The summed E-state index contributed by atoms with van der Waals surface area (Å²) in [6.45, 7) is 0.00775. The zero-order valence-electron chi connectivity index (χ0n) is 15.0. The molecule has 2 aromatic carbocycles. The Bertz CT molecular complexity index is 979. The van der Waals surface area contributed by atoms with E-state index in [1.165, 1.54) is 0 Å². The number of amides is 1. The number of aliphatic hydroxyl groups is 1. The van der Waals surface area contributed by atoms with Gasteiger partial charge in [0.2, 0.25) is 0 Å². The molecule has 3 aromatic rings. The SMILES string of the molecule is O=C(Nc1ccc(Cl)c(-c2ccccn2)c1)c1ccc(S(=O)CCCO)cc1. The van der Waals surface area contributed by atoms with Gasteiger partial charge >= 0.3 is 0 Å². The standard InChI is InChI=1S/C21H19ClN2O3S/c22-19-10-7-16(14-18(19)20-4-1-2-11-23-20)24-21(26)15-5-8-17(9-6-15)28(27)13-3-12-25/h1-2,4-11,14,25H,3,12-13H2,(H,24,26). The molecule has 3 rings (SSSR count). The van der Waals surface area contributed by atoms with Gasteiger partial charge in [0.1, 0.15) is 0 Å². The Morgan fingerprint density at radius 2 is 1.89 bits per heavy atom. The molecule has 1 amide bonds. The van der Waals surface area contributed by atoms with Crippen LogP contribution in [0.25, 0.3) is 11.3 Å². The maximum atomic E-state index is 12.5. The molecule has 1 heterocycles. The molecule has 0 bridgehead atoms. The zero-order valence-corrected chi connectivity index (χ0v) is 16.5. The number of carbonyl (C=O) groups excluding carboxylic acids is 1. The van der Waals surface area contributed by atoms with E-state index in [1.807, 2.05) is 18.2 Å². The average Bonchev–Trinajstić information content (AvgIpc) is 2.74. The molecule has 0 aliphatic heterocycles. The molecule has 28 heavy (non-hydrogen) atoms. The van der Waals surface area contributed by atoms with Crippen molar-refractivity contribution >= 4 is 34.0 Å². The summed E-state index contributed by atoms with van der Waals surface area (Å²) >= 11 is 6.27. The van der Waals surface area contributed by atoms with Crippen LogP contribution in [0.4, 0.5) is 5.69 Å². The normalized spacial score (nSPS) is 11.8. The molecule has 1 unspecified atom stereocenters. The van der Waals surface area contributed by atoms with Crippen molar-refractivity contribution in [2.75, 3.05) is 17.7 Å². The Labute approximate surface area is 170 Å². The summed E-state index contributed by atoms with van der Waals surface area (Å²) in [5, 5.41) is 12.2. The fraction of sp³-hybridized carbons (Fsp3) is 0.143. The molecule has 0 spiro atoms. The van der Waals surface area contributed by atoms with E-state index in [9.17, 15) is 9.00 Å². The summed E-state index contributed by atoms with van der Waals surface area (Å²) in [4.78, 5) is 17.5. The van der Waals surface area contributed by atoms with Crippen molar-refractivity contribution in [2.24, 2.45) is 0 Å².